The summed E-state index contributed by atoms with van der Waals surface area (Å²) >= 11 is 0. The first-order chi connectivity index (χ1) is 11.5. The molecule has 1 aliphatic rings. The molecule has 1 aromatic carbocycles. The Labute approximate surface area is 145 Å². The number of nitrogens with one attached hydrogen (secondary N) is 2. The third kappa shape index (κ3) is 4.81. The van der Waals surface area contributed by atoms with E-state index in [1.54, 1.807) is 7.05 Å². The van der Waals surface area contributed by atoms with Crippen molar-refractivity contribution in [1.29, 1.82) is 0 Å². The molecule has 2 atom stereocenters. The smallest absolute Gasteiger partial charge is 0.278 e. The van der Waals surface area contributed by atoms with E-state index in [9.17, 15) is 9.59 Å². The molecule has 0 aromatic heterocycles. The first kappa shape index (κ1) is 18.5. The molecule has 1 aromatic rings. The average molecular weight is 332 g/mol. The molecule has 0 spiro atoms. The summed E-state index contributed by atoms with van der Waals surface area (Å²) in [6.45, 7) is 4.38. The van der Waals surface area contributed by atoms with Gasteiger partial charge in [-0.3, -0.25) is 9.59 Å². The van der Waals surface area contributed by atoms with E-state index in [4.69, 9.17) is 0 Å². The summed E-state index contributed by atoms with van der Waals surface area (Å²) < 4.78 is 0. The molecule has 2 rings (SSSR count). The van der Waals surface area contributed by atoms with E-state index in [1.807, 2.05) is 24.3 Å². The lowest BCUT2D eigenvalue weighted by molar-refractivity contribution is -0.885. The summed E-state index contributed by atoms with van der Waals surface area (Å²) in [4.78, 5) is 27.4. The van der Waals surface area contributed by atoms with Crippen molar-refractivity contribution in [2.45, 2.75) is 45.2 Å². The third-order valence-electron chi connectivity index (χ3n) is 4.82. The van der Waals surface area contributed by atoms with Crippen LogP contribution in [0.15, 0.2) is 24.3 Å². The van der Waals surface area contributed by atoms with Crippen LogP contribution in [-0.2, 0) is 11.3 Å². The Balaban J connectivity index is 1.89. The number of rotatable bonds is 6. The van der Waals surface area contributed by atoms with Crippen LogP contribution < -0.4 is 10.2 Å². The van der Waals surface area contributed by atoms with Crippen LogP contribution >= 0.6 is 0 Å². The molecule has 1 fully saturated rings. The van der Waals surface area contributed by atoms with E-state index in [-0.39, 0.29) is 11.8 Å². The number of amides is 2. The van der Waals surface area contributed by atoms with E-state index in [1.165, 1.54) is 11.3 Å². The molecule has 5 nitrogen and oxygen atoms in total. The molecular formula is C19H30N3O2+. The zero-order chi connectivity index (χ0) is 17.5. The number of likely N-dealkylation sites (N-methyl/N-ethyl adjacent to an activating group) is 1. The standard InChI is InChI=1S/C19H29N3O2/c1-4-17-7-5-6-12-22(17)18(23)14-21(3)13-15-8-10-16(11-9-15)19(24)20-2/h8-11,17H,4-7,12-14H2,1-3H3,(H,20,24)/p+1/t17-/m1/s1. The van der Waals surface area contributed by atoms with Gasteiger partial charge in [0.05, 0.1) is 7.05 Å². The van der Waals surface area contributed by atoms with Gasteiger partial charge in [0.1, 0.15) is 6.54 Å². The van der Waals surface area contributed by atoms with Gasteiger partial charge in [-0.1, -0.05) is 19.1 Å². The highest BCUT2D eigenvalue weighted by Crippen LogP contribution is 2.19. The van der Waals surface area contributed by atoms with E-state index in [0.717, 1.165) is 37.9 Å². The van der Waals surface area contributed by atoms with Crippen molar-refractivity contribution < 1.29 is 14.5 Å². The van der Waals surface area contributed by atoms with Crippen molar-refractivity contribution in [3.8, 4) is 0 Å². The lowest BCUT2D eigenvalue weighted by Gasteiger charge is -2.35. The Morgan fingerprint density at radius 2 is 1.96 bits per heavy atom. The first-order valence-corrected chi connectivity index (χ1v) is 8.97. The van der Waals surface area contributed by atoms with Crippen molar-refractivity contribution in [3.63, 3.8) is 0 Å². The fourth-order valence-corrected chi connectivity index (χ4v) is 3.44. The maximum atomic E-state index is 12.6. The topological polar surface area (TPSA) is 53.9 Å². The molecule has 1 saturated heterocycles. The van der Waals surface area contributed by atoms with Crippen LogP contribution in [0, 0.1) is 0 Å². The molecule has 2 amide bonds. The van der Waals surface area contributed by atoms with E-state index in [2.05, 4.69) is 24.2 Å². The summed E-state index contributed by atoms with van der Waals surface area (Å²) in [6.07, 6.45) is 4.55. The van der Waals surface area contributed by atoms with E-state index >= 15 is 0 Å². The highest BCUT2D eigenvalue weighted by atomic mass is 16.2. The fraction of sp³-hybridized carbons (Fsp3) is 0.579. The maximum Gasteiger partial charge on any atom is 0.278 e. The van der Waals surface area contributed by atoms with Gasteiger partial charge < -0.3 is 15.1 Å². The minimum absolute atomic E-state index is 0.0758. The number of carbonyl (C=O) groups is 2. The number of likely N-dealkylation sites (tertiary alicyclic amines) is 1. The van der Waals surface area contributed by atoms with Crippen molar-refractivity contribution in [3.05, 3.63) is 35.4 Å². The minimum atomic E-state index is -0.0758. The van der Waals surface area contributed by atoms with Gasteiger partial charge >= 0.3 is 0 Å². The summed E-state index contributed by atoms with van der Waals surface area (Å²) in [5.41, 5.74) is 1.80. The van der Waals surface area contributed by atoms with Crippen molar-refractivity contribution in [1.82, 2.24) is 10.2 Å². The number of benzene rings is 1. The number of hydrogen-bond acceptors (Lipinski definition) is 2. The quantitative estimate of drug-likeness (QED) is 0.812. The zero-order valence-electron chi connectivity index (χ0n) is 15.1. The number of carbonyl (C=O) groups excluding carboxylic acids is 2. The molecule has 0 saturated carbocycles. The van der Waals surface area contributed by atoms with Crippen molar-refractivity contribution in [2.75, 3.05) is 27.2 Å². The Bertz CT molecular complexity index is 556. The fourth-order valence-electron chi connectivity index (χ4n) is 3.44. The third-order valence-corrected chi connectivity index (χ3v) is 4.82. The lowest BCUT2D eigenvalue weighted by atomic mass is 10.00. The molecule has 24 heavy (non-hydrogen) atoms. The maximum absolute atomic E-state index is 12.6. The van der Waals surface area contributed by atoms with Gasteiger partial charge in [-0.2, -0.15) is 0 Å². The Hall–Kier alpha value is -1.88. The summed E-state index contributed by atoms with van der Waals surface area (Å²) in [7, 11) is 3.68. The Kier molecular flexibility index (Phi) is 6.79. The van der Waals surface area contributed by atoms with Crippen LogP contribution in [0.25, 0.3) is 0 Å². The second-order valence-electron chi connectivity index (χ2n) is 6.73. The monoisotopic (exact) mass is 332 g/mol. The number of hydrogen-bond donors (Lipinski definition) is 2. The molecule has 0 bridgehead atoms. The van der Waals surface area contributed by atoms with Gasteiger partial charge in [0.25, 0.3) is 11.8 Å². The lowest BCUT2D eigenvalue weighted by Crippen LogP contribution is -3.09. The zero-order valence-corrected chi connectivity index (χ0v) is 15.1. The summed E-state index contributed by atoms with van der Waals surface area (Å²) in [6, 6.07) is 8.02. The predicted molar refractivity (Wildman–Crippen MR) is 94.9 cm³/mol. The molecule has 0 radical (unpaired) electrons. The van der Waals surface area contributed by atoms with Gasteiger partial charge in [0, 0.05) is 30.8 Å². The first-order valence-electron chi connectivity index (χ1n) is 8.97. The molecule has 0 aliphatic carbocycles. The van der Waals surface area contributed by atoms with Gasteiger partial charge in [0.2, 0.25) is 0 Å². The average Bonchev–Trinajstić information content (AvgIpc) is 2.61. The van der Waals surface area contributed by atoms with Gasteiger partial charge in [-0.15, -0.1) is 0 Å². The SMILES string of the molecule is CC[C@@H]1CCCCN1C(=O)C[NH+](C)Cc1ccc(C(=O)NC)cc1. The van der Waals surface area contributed by atoms with E-state index in [0.29, 0.717) is 18.2 Å². The van der Waals surface area contributed by atoms with Crippen LogP contribution in [-0.4, -0.2) is 49.9 Å². The largest absolute Gasteiger partial charge is 0.355 e. The second-order valence-corrected chi connectivity index (χ2v) is 6.73. The molecule has 1 aliphatic heterocycles. The number of quaternary nitrogens is 1. The molecular weight excluding hydrogens is 302 g/mol. The highest BCUT2D eigenvalue weighted by molar-refractivity contribution is 5.93. The number of piperidine rings is 1. The highest BCUT2D eigenvalue weighted by Gasteiger charge is 2.27. The summed E-state index contributed by atoms with van der Waals surface area (Å²) in [5, 5.41) is 2.62. The van der Waals surface area contributed by atoms with Crippen molar-refractivity contribution in [2.24, 2.45) is 0 Å². The predicted octanol–water partition coefficient (Wildman–Crippen LogP) is 0.852. The Morgan fingerprint density at radius 3 is 2.58 bits per heavy atom. The molecule has 5 heteroatoms. The van der Waals surface area contributed by atoms with Gasteiger partial charge in [-0.05, 0) is 37.8 Å². The normalized spacial score (nSPS) is 19.0. The summed E-state index contributed by atoms with van der Waals surface area (Å²) in [5.74, 6) is 0.189. The molecule has 132 valence electrons. The van der Waals surface area contributed by atoms with Gasteiger partial charge in [-0.25, -0.2) is 0 Å². The van der Waals surface area contributed by atoms with Crippen LogP contribution in [0.3, 0.4) is 0 Å². The minimum Gasteiger partial charge on any atom is -0.355 e. The van der Waals surface area contributed by atoms with Crippen molar-refractivity contribution >= 4 is 11.8 Å². The van der Waals surface area contributed by atoms with Crippen LogP contribution in [0.1, 0.15) is 48.5 Å². The second kappa shape index (κ2) is 8.83. The molecule has 1 unspecified atom stereocenters. The number of nitrogens with zero attached hydrogens (tertiary/aromatic N) is 1. The molecule has 2 N–H and O–H groups in total. The Morgan fingerprint density at radius 1 is 1.25 bits per heavy atom. The van der Waals surface area contributed by atoms with Crippen LogP contribution in [0.2, 0.25) is 0 Å². The molecule has 1 heterocycles. The van der Waals surface area contributed by atoms with Crippen LogP contribution in [0.4, 0.5) is 0 Å². The van der Waals surface area contributed by atoms with Crippen LogP contribution in [0.5, 0.6) is 0 Å². The van der Waals surface area contributed by atoms with Gasteiger partial charge in [0.15, 0.2) is 6.54 Å². The van der Waals surface area contributed by atoms with E-state index < -0.39 is 0 Å².